The lowest BCUT2D eigenvalue weighted by molar-refractivity contribution is -0.141. The number of benzene rings is 1. The monoisotopic (exact) mass is 285 g/mol. The zero-order chi connectivity index (χ0) is 14.0. The van der Waals surface area contributed by atoms with Crippen molar-refractivity contribution in [3.8, 4) is 11.8 Å². The van der Waals surface area contributed by atoms with E-state index in [-0.39, 0.29) is 5.69 Å². The third-order valence-corrected chi connectivity index (χ3v) is 2.76. The Bertz CT molecular complexity index is 623. The van der Waals surface area contributed by atoms with Crippen LogP contribution in [0.1, 0.15) is 17.0 Å². The Balaban J connectivity index is 2.49. The predicted octanol–water partition coefficient (Wildman–Crippen LogP) is 3.50. The molecule has 0 saturated carbocycles. The van der Waals surface area contributed by atoms with Gasteiger partial charge in [0.15, 0.2) is 5.69 Å². The van der Waals surface area contributed by atoms with Crippen molar-refractivity contribution < 1.29 is 13.2 Å². The first-order chi connectivity index (χ1) is 8.95. The van der Waals surface area contributed by atoms with Gasteiger partial charge in [0.1, 0.15) is 11.8 Å². The van der Waals surface area contributed by atoms with E-state index in [1.54, 1.807) is 30.3 Å². The van der Waals surface area contributed by atoms with Gasteiger partial charge in [-0.3, -0.25) is 0 Å². The van der Waals surface area contributed by atoms with Gasteiger partial charge in [-0.2, -0.15) is 23.5 Å². The van der Waals surface area contributed by atoms with E-state index in [1.165, 1.54) is 0 Å². The van der Waals surface area contributed by atoms with Crippen molar-refractivity contribution >= 4 is 11.6 Å². The molecule has 0 N–H and O–H groups in total. The van der Waals surface area contributed by atoms with Crippen LogP contribution < -0.4 is 0 Å². The van der Waals surface area contributed by atoms with E-state index < -0.39 is 11.9 Å². The summed E-state index contributed by atoms with van der Waals surface area (Å²) in [7, 11) is 0. The van der Waals surface area contributed by atoms with Crippen molar-refractivity contribution in [1.29, 1.82) is 5.26 Å². The number of halogens is 4. The SMILES string of the molecule is N#Cc1cc(C(F)(F)F)nn1-c1ccc(CCl)cc1. The van der Waals surface area contributed by atoms with Crippen LogP contribution in [-0.4, -0.2) is 9.78 Å². The molecule has 0 aliphatic rings. The second-order valence-electron chi connectivity index (χ2n) is 3.74. The van der Waals surface area contributed by atoms with Gasteiger partial charge in [-0.25, -0.2) is 4.68 Å². The highest BCUT2D eigenvalue weighted by Crippen LogP contribution is 2.29. The fraction of sp³-hybridized carbons (Fsp3) is 0.167. The molecular weight excluding hydrogens is 279 g/mol. The molecule has 0 radical (unpaired) electrons. The van der Waals surface area contributed by atoms with Gasteiger partial charge in [-0.1, -0.05) is 12.1 Å². The first kappa shape index (κ1) is 13.4. The molecule has 0 fully saturated rings. The minimum Gasteiger partial charge on any atom is -0.222 e. The van der Waals surface area contributed by atoms with Crippen LogP contribution in [-0.2, 0) is 12.1 Å². The van der Waals surface area contributed by atoms with Crippen LogP contribution in [0, 0.1) is 11.3 Å². The number of hydrogen-bond donors (Lipinski definition) is 0. The summed E-state index contributed by atoms with van der Waals surface area (Å²) >= 11 is 5.62. The van der Waals surface area contributed by atoms with E-state index >= 15 is 0 Å². The number of aromatic nitrogens is 2. The number of rotatable bonds is 2. The minimum absolute atomic E-state index is 0.175. The summed E-state index contributed by atoms with van der Waals surface area (Å²) in [6.45, 7) is 0. The van der Waals surface area contributed by atoms with Gasteiger partial charge in [-0.05, 0) is 17.7 Å². The van der Waals surface area contributed by atoms with Gasteiger partial charge in [0.25, 0.3) is 0 Å². The maximum atomic E-state index is 12.5. The summed E-state index contributed by atoms with van der Waals surface area (Å²) in [4.78, 5) is 0. The van der Waals surface area contributed by atoms with Crippen LogP contribution in [0.5, 0.6) is 0 Å². The predicted molar refractivity (Wildman–Crippen MR) is 62.8 cm³/mol. The Labute approximate surface area is 111 Å². The highest BCUT2D eigenvalue weighted by Gasteiger charge is 2.35. The summed E-state index contributed by atoms with van der Waals surface area (Å²) < 4.78 is 38.6. The normalized spacial score (nSPS) is 11.3. The largest absolute Gasteiger partial charge is 0.435 e. The Hall–Kier alpha value is -2.00. The van der Waals surface area contributed by atoms with Crippen LogP contribution in [0.15, 0.2) is 30.3 Å². The minimum atomic E-state index is -4.58. The molecule has 1 aromatic carbocycles. The number of hydrogen-bond acceptors (Lipinski definition) is 2. The molecule has 7 heteroatoms. The van der Waals surface area contributed by atoms with Crippen molar-refractivity contribution in [2.24, 2.45) is 0 Å². The molecule has 0 amide bonds. The van der Waals surface area contributed by atoms with Gasteiger partial charge in [-0.15, -0.1) is 11.6 Å². The molecule has 1 heterocycles. The quantitative estimate of drug-likeness (QED) is 0.793. The maximum absolute atomic E-state index is 12.5. The highest BCUT2D eigenvalue weighted by atomic mass is 35.5. The summed E-state index contributed by atoms with van der Waals surface area (Å²) in [6.07, 6.45) is -4.58. The Morgan fingerprint density at radius 3 is 2.37 bits per heavy atom. The molecule has 0 aliphatic heterocycles. The van der Waals surface area contributed by atoms with Crippen LogP contribution >= 0.6 is 11.6 Å². The first-order valence-electron chi connectivity index (χ1n) is 5.18. The molecule has 19 heavy (non-hydrogen) atoms. The van der Waals surface area contributed by atoms with Crippen molar-refractivity contribution in [3.63, 3.8) is 0 Å². The van der Waals surface area contributed by atoms with Gasteiger partial charge in [0.2, 0.25) is 0 Å². The molecule has 0 spiro atoms. The van der Waals surface area contributed by atoms with Crippen LogP contribution in [0.3, 0.4) is 0 Å². The summed E-state index contributed by atoms with van der Waals surface area (Å²) in [5, 5.41) is 12.3. The molecule has 0 bridgehead atoms. The summed E-state index contributed by atoms with van der Waals surface area (Å²) in [5.41, 5.74) is -0.0653. The van der Waals surface area contributed by atoms with E-state index in [2.05, 4.69) is 5.10 Å². The van der Waals surface area contributed by atoms with Crippen LogP contribution in [0.2, 0.25) is 0 Å². The lowest BCUT2D eigenvalue weighted by Crippen LogP contribution is -2.07. The zero-order valence-electron chi connectivity index (χ0n) is 9.45. The van der Waals surface area contributed by atoms with E-state index in [0.29, 0.717) is 11.6 Å². The van der Waals surface area contributed by atoms with Gasteiger partial charge < -0.3 is 0 Å². The molecule has 0 unspecified atom stereocenters. The van der Waals surface area contributed by atoms with Crippen molar-refractivity contribution in [1.82, 2.24) is 9.78 Å². The molecule has 0 atom stereocenters. The molecule has 2 aromatic rings. The van der Waals surface area contributed by atoms with Gasteiger partial charge >= 0.3 is 6.18 Å². The van der Waals surface area contributed by atoms with Gasteiger partial charge in [0.05, 0.1) is 5.69 Å². The number of alkyl halides is 4. The second kappa shape index (κ2) is 4.94. The van der Waals surface area contributed by atoms with Crippen LogP contribution in [0.25, 0.3) is 5.69 Å². The molecule has 0 saturated heterocycles. The topological polar surface area (TPSA) is 41.6 Å². The fourth-order valence-corrected chi connectivity index (χ4v) is 1.70. The number of nitriles is 1. The van der Waals surface area contributed by atoms with Crippen molar-refractivity contribution in [3.05, 3.63) is 47.3 Å². The van der Waals surface area contributed by atoms with E-state index in [0.717, 1.165) is 16.3 Å². The van der Waals surface area contributed by atoms with Gasteiger partial charge in [0, 0.05) is 11.9 Å². The van der Waals surface area contributed by atoms with Crippen LogP contribution in [0.4, 0.5) is 13.2 Å². The molecule has 98 valence electrons. The molecular formula is C12H7ClF3N3. The third-order valence-electron chi connectivity index (χ3n) is 2.45. The summed E-state index contributed by atoms with van der Waals surface area (Å²) in [5.74, 6) is 0.304. The molecule has 2 rings (SSSR count). The third kappa shape index (κ3) is 2.71. The standard InChI is InChI=1S/C12H7ClF3N3/c13-6-8-1-3-9(4-2-8)19-10(7-17)5-11(18-19)12(14,15)16/h1-5H,6H2. The second-order valence-corrected chi connectivity index (χ2v) is 4.00. The number of nitrogens with zero attached hydrogens (tertiary/aromatic N) is 3. The molecule has 1 aromatic heterocycles. The first-order valence-corrected chi connectivity index (χ1v) is 5.72. The Morgan fingerprint density at radius 1 is 1.26 bits per heavy atom. The van der Waals surface area contributed by atoms with Crippen molar-refractivity contribution in [2.75, 3.05) is 0 Å². The average molecular weight is 286 g/mol. The lowest BCUT2D eigenvalue weighted by Gasteiger charge is -2.04. The lowest BCUT2D eigenvalue weighted by atomic mass is 10.2. The Kier molecular flexibility index (Phi) is 3.49. The summed E-state index contributed by atoms with van der Waals surface area (Å²) in [6, 6.07) is 8.86. The van der Waals surface area contributed by atoms with E-state index in [1.807, 2.05) is 0 Å². The average Bonchev–Trinajstić information content (AvgIpc) is 2.83. The maximum Gasteiger partial charge on any atom is 0.435 e. The van der Waals surface area contributed by atoms with Crippen molar-refractivity contribution in [2.45, 2.75) is 12.1 Å². The molecule has 0 aliphatic carbocycles. The van der Waals surface area contributed by atoms with E-state index in [9.17, 15) is 13.2 Å². The highest BCUT2D eigenvalue weighted by molar-refractivity contribution is 6.17. The molecule has 3 nitrogen and oxygen atoms in total. The smallest absolute Gasteiger partial charge is 0.222 e. The Morgan fingerprint density at radius 2 is 1.89 bits per heavy atom. The fourth-order valence-electron chi connectivity index (χ4n) is 1.52. The zero-order valence-corrected chi connectivity index (χ0v) is 10.2. The van der Waals surface area contributed by atoms with E-state index in [4.69, 9.17) is 16.9 Å².